The van der Waals surface area contributed by atoms with Crippen LogP contribution < -0.4 is 0 Å². The minimum atomic E-state index is -0.763. The first-order chi connectivity index (χ1) is 7.65. The number of hydrogen-bond acceptors (Lipinski definition) is 4. The van der Waals surface area contributed by atoms with Crippen LogP contribution in [-0.4, -0.2) is 30.4 Å². The van der Waals surface area contributed by atoms with Crippen LogP contribution in [0.5, 0.6) is 0 Å². The van der Waals surface area contributed by atoms with Gasteiger partial charge < -0.3 is 14.6 Å². The third-order valence-electron chi connectivity index (χ3n) is 2.90. The highest BCUT2D eigenvalue weighted by atomic mass is 16.7. The van der Waals surface area contributed by atoms with Crippen LogP contribution in [0.15, 0.2) is 0 Å². The summed E-state index contributed by atoms with van der Waals surface area (Å²) in [7, 11) is 0. The first kappa shape index (κ1) is 13.0. The Morgan fingerprint density at radius 1 is 1.19 bits per heavy atom. The Balaban J connectivity index is 2.25. The number of carboxylic acid groups (broad SMARTS) is 1. The minimum absolute atomic E-state index is 0.00576. The van der Waals surface area contributed by atoms with Crippen LogP contribution in [0.25, 0.3) is 0 Å². The zero-order valence-electron chi connectivity index (χ0n) is 9.48. The van der Waals surface area contributed by atoms with Crippen molar-refractivity contribution in [2.45, 2.75) is 32.6 Å². The fourth-order valence-corrected chi connectivity index (χ4v) is 1.88. The van der Waals surface area contributed by atoms with E-state index in [1.807, 2.05) is 6.92 Å². The second-order valence-corrected chi connectivity index (χ2v) is 3.96. The van der Waals surface area contributed by atoms with E-state index >= 15 is 0 Å². The van der Waals surface area contributed by atoms with Crippen molar-refractivity contribution in [3.8, 4) is 0 Å². The largest absolute Gasteiger partial charge is 0.481 e. The summed E-state index contributed by atoms with van der Waals surface area (Å²) in [5, 5.41) is 8.80. The van der Waals surface area contributed by atoms with E-state index in [0.29, 0.717) is 32.3 Å². The molecule has 92 valence electrons. The summed E-state index contributed by atoms with van der Waals surface area (Å²) in [5.41, 5.74) is 0. The molecule has 1 fully saturated rings. The van der Waals surface area contributed by atoms with Gasteiger partial charge in [-0.2, -0.15) is 0 Å². The summed E-state index contributed by atoms with van der Waals surface area (Å²) in [4.78, 5) is 22.2. The lowest BCUT2D eigenvalue weighted by Gasteiger charge is -2.24. The molecule has 5 heteroatoms. The molecule has 16 heavy (non-hydrogen) atoms. The van der Waals surface area contributed by atoms with Crippen molar-refractivity contribution in [1.29, 1.82) is 0 Å². The minimum Gasteiger partial charge on any atom is -0.481 e. The number of rotatable bonds is 5. The van der Waals surface area contributed by atoms with Crippen molar-refractivity contribution >= 4 is 11.9 Å². The standard InChI is InChI=1S/C11H18O5/c1-2-15-7-16-11(14)9-5-3-8(4-6-9)10(12)13/h8-9H,2-7H2,1H3,(H,12,13)/t8-,9-. The lowest BCUT2D eigenvalue weighted by molar-refractivity contribution is -0.163. The van der Waals surface area contributed by atoms with Crippen molar-refractivity contribution in [2.75, 3.05) is 13.4 Å². The Morgan fingerprint density at radius 3 is 2.25 bits per heavy atom. The lowest BCUT2D eigenvalue weighted by atomic mass is 9.82. The van der Waals surface area contributed by atoms with Gasteiger partial charge in [0.15, 0.2) is 6.79 Å². The van der Waals surface area contributed by atoms with Gasteiger partial charge in [-0.3, -0.25) is 9.59 Å². The maximum Gasteiger partial charge on any atom is 0.311 e. The molecule has 0 aliphatic heterocycles. The Morgan fingerprint density at radius 2 is 1.75 bits per heavy atom. The van der Waals surface area contributed by atoms with E-state index in [2.05, 4.69) is 0 Å². The molecule has 0 aromatic carbocycles. The van der Waals surface area contributed by atoms with Crippen LogP contribution in [-0.2, 0) is 19.1 Å². The summed E-state index contributed by atoms with van der Waals surface area (Å²) in [6.07, 6.45) is 2.32. The predicted octanol–water partition coefficient (Wildman–Crippen LogP) is 1.41. The monoisotopic (exact) mass is 230 g/mol. The first-order valence-electron chi connectivity index (χ1n) is 5.62. The highest BCUT2D eigenvalue weighted by Gasteiger charge is 2.30. The number of aliphatic carboxylic acids is 1. The van der Waals surface area contributed by atoms with Gasteiger partial charge in [-0.1, -0.05) is 0 Å². The topological polar surface area (TPSA) is 72.8 Å². The van der Waals surface area contributed by atoms with Crippen molar-refractivity contribution < 1.29 is 24.2 Å². The maximum absolute atomic E-state index is 11.5. The zero-order valence-corrected chi connectivity index (χ0v) is 9.48. The number of ether oxygens (including phenoxy) is 2. The normalized spacial score (nSPS) is 25.1. The second-order valence-electron chi connectivity index (χ2n) is 3.96. The molecule has 5 nitrogen and oxygen atoms in total. The quantitative estimate of drug-likeness (QED) is 0.439. The second kappa shape index (κ2) is 6.48. The Kier molecular flexibility index (Phi) is 5.25. The van der Waals surface area contributed by atoms with E-state index in [0.717, 1.165) is 0 Å². The van der Waals surface area contributed by atoms with E-state index in [-0.39, 0.29) is 24.6 Å². The van der Waals surface area contributed by atoms with Gasteiger partial charge in [0.1, 0.15) is 0 Å². The van der Waals surface area contributed by atoms with E-state index in [9.17, 15) is 9.59 Å². The molecule has 1 N–H and O–H groups in total. The van der Waals surface area contributed by atoms with Crippen molar-refractivity contribution in [1.82, 2.24) is 0 Å². The lowest BCUT2D eigenvalue weighted by Crippen LogP contribution is -2.27. The van der Waals surface area contributed by atoms with Crippen LogP contribution in [0.2, 0.25) is 0 Å². The molecule has 0 unspecified atom stereocenters. The molecule has 1 saturated carbocycles. The molecule has 0 heterocycles. The van der Waals surface area contributed by atoms with Crippen LogP contribution in [0.4, 0.5) is 0 Å². The average Bonchev–Trinajstić information content (AvgIpc) is 2.29. The van der Waals surface area contributed by atoms with E-state index in [1.54, 1.807) is 0 Å². The fourth-order valence-electron chi connectivity index (χ4n) is 1.88. The van der Waals surface area contributed by atoms with Crippen LogP contribution in [0, 0.1) is 11.8 Å². The average molecular weight is 230 g/mol. The first-order valence-corrected chi connectivity index (χ1v) is 5.62. The molecule has 1 aliphatic rings. The Labute approximate surface area is 94.7 Å². The number of esters is 1. The van der Waals surface area contributed by atoms with Gasteiger partial charge in [0.25, 0.3) is 0 Å². The summed E-state index contributed by atoms with van der Waals surface area (Å²) < 4.78 is 9.83. The predicted molar refractivity (Wildman–Crippen MR) is 55.7 cm³/mol. The Hall–Kier alpha value is -1.10. The van der Waals surface area contributed by atoms with Gasteiger partial charge in [0.05, 0.1) is 11.8 Å². The third kappa shape index (κ3) is 3.81. The fraction of sp³-hybridized carbons (Fsp3) is 0.818. The smallest absolute Gasteiger partial charge is 0.311 e. The van der Waals surface area contributed by atoms with Crippen molar-refractivity contribution in [3.05, 3.63) is 0 Å². The molecule has 1 rings (SSSR count). The number of carboxylic acids is 1. The summed E-state index contributed by atoms with van der Waals surface area (Å²) in [5.74, 6) is -1.48. The molecule has 0 saturated heterocycles. The van der Waals surface area contributed by atoms with Gasteiger partial charge >= 0.3 is 11.9 Å². The molecule has 0 atom stereocenters. The molecule has 0 radical (unpaired) electrons. The van der Waals surface area contributed by atoms with Gasteiger partial charge in [0.2, 0.25) is 0 Å². The molecule has 0 bridgehead atoms. The van der Waals surface area contributed by atoms with Gasteiger partial charge in [-0.25, -0.2) is 0 Å². The van der Waals surface area contributed by atoms with E-state index in [1.165, 1.54) is 0 Å². The number of hydrogen-bond donors (Lipinski definition) is 1. The zero-order chi connectivity index (χ0) is 12.0. The molecule has 1 aliphatic carbocycles. The molecule has 0 aromatic rings. The number of carbonyl (C=O) groups excluding carboxylic acids is 1. The van der Waals surface area contributed by atoms with Gasteiger partial charge in [0, 0.05) is 6.61 Å². The Bertz CT molecular complexity index is 243. The highest BCUT2D eigenvalue weighted by molar-refractivity contribution is 5.74. The molecule has 0 amide bonds. The van der Waals surface area contributed by atoms with Crippen LogP contribution >= 0.6 is 0 Å². The summed E-state index contributed by atoms with van der Waals surface area (Å²) in [6, 6.07) is 0. The van der Waals surface area contributed by atoms with E-state index in [4.69, 9.17) is 14.6 Å². The molecular weight excluding hydrogens is 212 g/mol. The van der Waals surface area contributed by atoms with Gasteiger partial charge in [-0.05, 0) is 32.6 Å². The molecular formula is C11H18O5. The molecule has 0 spiro atoms. The van der Waals surface area contributed by atoms with E-state index < -0.39 is 5.97 Å². The highest BCUT2D eigenvalue weighted by Crippen LogP contribution is 2.29. The number of carbonyl (C=O) groups is 2. The van der Waals surface area contributed by atoms with Gasteiger partial charge in [-0.15, -0.1) is 0 Å². The maximum atomic E-state index is 11.5. The third-order valence-corrected chi connectivity index (χ3v) is 2.90. The van der Waals surface area contributed by atoms with Crippen LogP contribution in [0.3, 0.4) is 0 Å². The summed E-state index contributed by atoms with van der Waals surface area (Å²) >= 11 is 0. The van der Waals surface area contributed by atoms with Crippen molar-refractivity contribution in [3.63, 3.8) is 0 Å². The van der Waals surface area contributed by atoms with Crippen molar-refractivity contribution in [2.24, 2.45) is 11.8 Å². The SMILES string of the molecule is CCOCOC(=O)[C@H]1CC[C@H](C(=O)O)CC1. The van der Waals surface area contributed by atoms with Crippen LogP contribution in [0.1, 0.15) is 32.6 Å². The molecule has 0 aromatic heterocycles. The summed E-state index contributed by atoms with van der Waals surface area (Å²) in [6.45, 7) is 2.33.